The predicted molar refractivity (Wildman–Crippen MR) is 52.1 cm³/mol. The number of phenols is 1. The summed E-state index contributed by atoms with van der Waals surface area (Å²) in [6, 6.07) is 5.25. The summed E-state index contributed by atoms with van der Waals surface area (Å²) in [6.45, 7) is 0. The van der Waals surface area contributed by atoms with Crippen molar-refractivity contribution in [1.29, 1.82) is 0 Å². The Balaban J connectivity index is 3.03. The summed E-state index contributed by atoms with van der Waals surface area (Å²) in [7, 11) is 1.21. The molecule has 15 heavy (non-hydrogen) atoms. The number of hydrogen-bond acceptors (Lipinski definition) is 4. The molecule has 5 nitrogen and oxygen atoms in total. The molecule has 0 spiro atoms. The number of para-hydroxylation sites is 1. The largest absolute Gasteiger partial charge is 0.508 e. The molecule has 5 heteroatoms. The fourth-order valence-corrected chi connectivity index (χ4v) is 1.20. The van der Waals surface area contributed by atoms with Crippen molar-refractivity contribution in [2.75, 3.05) is 7.11 Å². The fourth-order valence-electron chi connectivity index (χ4n) is 1.20. The Hall–Kier alpha value is -2.04. The number of phenolic OH excluding ortho intramolecular Hbond substituents is 1. The molecule has 80 valence electrons. The van der Waals surface area contributed by atoms with Gasteiger partial charge in [0, 0.05) is 5.56 Å². The van der Waals surface area contributed by atoms with Crippen molar-refractivity contribution < 1.29 is 19.4 Å². The highest BCUT2D eigenvalue weighted by Crippen LogP contribution is 2.23. The van der Waals surface area contributed by atoms with E-state index in [4.69, 9.17) is 0 Å². The topological polar surface area (TPSA) is 75.6 Å². The highest BCUT2D eigenvalue weighted by atomic mass is 16.5. The Morgan fingerprint density at radius 1 is 1.53 bits per heavy atom. The maximum absolute atomic E-state index is 11.3. The summed E-state index contributed by atoms with van der Waals surface area (Å²) < 4.78 is 4.50. The van der Waals surface area contributed by atoms with Gasteiger partial charge in [0.15, 0.2) is 6.04 Å². The molecule has 0 radical (unpaired) electrons. The molecule has 0 aliphatic carbocycles. The zero-order chi connectivity index (χ0) is 11.3. The molecular formula is C10H11NO4. The van der Waals surface area contributed by atoms with Crippen LogP contribution in [0, 0.1) is 0 Å². The minimum atomic E-state index is -0.978. The molecule has 0 aromatic heterocycles. The van der Waals surface area contributed by atoms with E-state index < -0.39 is 12.0 Å². The molecule has 0 heterocycles. The number of rotatable bonds is 4. The summed E-state index contributed by atoms with van der Waals surface area (Å²) in [6.07, 6.45) is 0.383. The molecular weight excluding hydrogens is 198 g/mol. The first-order valence-corrected chi connectivity index (χ1v) is 4.26. The highest BCUT2D eigenvalue weighted by molar-refractivity contribution is 5.80. The van der Waals surface area contributed by atoms with Gasteiger partial charge in [0.05, 0.1) is 7.11 Å². The van der Waals surface area contributed by atoms with Gasteiger partial charge in [-0.05, 0) is 6.07 Å². The van der Waals surface area contributed by atoms with Crippen LogP contribution in [0.1, 0.15) is 11.6 Å². The molecule has 2 N–H and O–H groups in total. The van der Waals surface area contributed by atoms with Crippen molar-refractivity contribution in [3.63, 3.8) is 0 Å². The van der Waals surface area contributed by atoms with Gasteiger partial charge in [-0.15, -0.1) is 0 Å². The Kier molecular flexibility index (Phi) is 3.68. The van der Waals surface area contributed by atoms with Gasteiger partial charge in [-0.3, -0.25) is 4.79 Å². The minimum absolute atomic E-state index is 0.0674. The Labute approximate surface area is 86.7 Å². The average molecular weight is 209 g/mol. The Bertz CT molecular complexity index is 364. The summed E-state index contributed by atoms with van der Waals surface area (Å²) in [5.41, 5.74) is 0.302. The lowest BCUT2D eigenvalue weighted by Crippen LogP contribution is -2.28. The molecule has 1 amide bonds. The van der Waals surface area contributed by atoms with Gasteiger partial charge < -0.3 is 15.2 Å². The van der Waals surface area contributed by atoms with E-state index >= 15 is 0 Å². The van der Waals surface area contributed by atoms with Crippen LogP contribution < -0.4 is 5.32 Å². The Morgan fingerprint density at radius 2 is 2.20 bits per heavy atom. The smallest absolute Gasteiger partial charge is 0.333 e. The van der Waals surface area contributed by atoms with E-state index in [0.29, 0.717) is 12.0 Å². The van der Waals surface area contributed by atoms with E-state index in [2.05, 4.69) is 10.1 Å². The van der Waals surface area contributed by atoms with Crippen molar-refractivity contribution in [2.24, 2.45) is 0 Å². The third-order valence-electron chi connectivity index (χ3n) is 1.92. The molecule has 1 aromatic rings. The van der Waals surface area contributed by atoms with E-state index in [1.807, 2.05) is 0 Å². The third-order valence-corrected chi connectivity index (χ3v) is 1.92. The fraction of sp³-hybridized carbons (Fsp3) is 0.200. The molecule has 1 atom stereocenters. The van der Waals surface area contributed by atoms with Crippen LogP contribution in [0.4, 0.5) is 0 Å². The van der Waals surface area contributed by atoms with Crippen LogP contribution in [0.15, 0.2) is 24.3 Å². The van der Waals surface area contributed by atoms with Gasteiger partial charge in [0.1, 0.15) is 5.75 Å². The van der Waals surface area contributed by atoms with Crippen molar-refractivity contribution in [1.82, 2.24) is 5.32 Å². The van der Waals surface area contributed by atoms with Crippen LogP contribution in [0.5, 0.6) is 5.75 Å². The lowest BCUT2D eigenvalue weighted by Gasteiger charge is -2.14. The van der Waals surface area contributed by atoms with Crippen molar-refractivity contribution >= 4 is 12.4 Å². The monoisotopic (exact) mass is 209 g/mol. The second kappa shape index (κ2) is 4.99. The molecule has 0 fully saturated rings. The number of methoxy groups -OCH3 is 1. The number of hydrogen-bond donors (Lipinski definition) is 2. The normalized spacial score (nSPS) is 11.5. The van der Waals surface area contributed by atoms with Gasteiger partial charge in [0.2, 0.25) is 6.41 Å². The van der Waals surface area contributed by atoms with E-state index in [1.165, 1.54) is 19.2 Å². The average Bonchev–Trinajstić information content (AvgIpc) is 2.26. The van der Waals surface area contributed by atoms with Crippen LogP contribution in [-0.2, 0) is 14.3 Å². The molecule has 1 aromatic carbocycles. The van der Waals surface area contributed by atoms with Crippen LogP contribution >= 0.6 is 0 Å². The van der Waals surface area contributed by atoms with Crippen LogP contribution in [-0.4, -0.2) is 24.6 Å². The number of carbonyl (C=O) groups is 2. The molecule has 0 bridgehead atoms. The van der Waals surface area contributed by atoms with Gasteiger partial charge in [-0.1, -0.05) is 18.2 Å². The van der Waals surface area contributed by atoms with Gasteiger partial charge >= 0.3 is 5.97 Å². The number of carbonyl (C=O) groups excluding carboxylic acids is 2. The minimum Gasteiger partial charge on any atom is -0.508 e. The summed E-state index contributed by atoms with van der Waals surface area (Å²) >= 11 is 0. The number of nitrogens with one attached hydrogen (secondary N) is 1. The number of esters is 1. The van der Waals surface area contributed by atoms with Gasteiger partial charge in [-0.2, -0.15) is 0 Å². The molecule has 1 unspecified atom stereocenters. The standard InChI is InChI=1S/C10H11NO4/c1-15-10(14)9(11-6-12)7-4-2-3-5-8(7)13/h2-6,9,13H,1H3,(H,11,12). The molecule has 0 saturated carbocycles. The number of ether oxygens (including phenoxy) is 1. The van der Waals surface area contributed by atoms with Crippen molar-refractivity contribution in [2.45, 2.75) is 6.04 Å². The summed E-state index contributed by atoms with van der Waals surface area (Å²) in [4.78, 5) is 21.6. The number of amides is 1. The summed E-state index contributed by atoms with van der Waals surface area (Å²) in [5, 5.41) is 11.8. The lowest BCUT2D eigenvalue weighted by molar-refractivity contribution is -0.144. The third kappa shape index (κ3) is 2.46. The van der Waals surface area contributed by atoms with Gasteiger partial charge in [0.25, 0.3) is 0 Å². The quantitative estimate of drug-likeness (QED) is 0.554. The van der Waals surface area contributed by atoms with E-state index in [9.17, 15) is 14.7 Å². The molecule has 0 aliphatic rings. The van der Waals surface area contributed by atoms with Crippen molar-refractivity contribution in [3.8, 4) is 5.75 Å². The first-order chi connectivity index (χ1) is 7.20. The SMILES string of the molecule is COC(=O)C(NC=O)c1ccccc1O. The highest BCUT2D eigenvalue weighted by Gasteiger charge is 2.22. The molecule has 0 saturated heterocycles. The van der Waals surface area contributed by atoms with Crippen molar-refractivity contribution in [3.05, 3.63) is 29.8 Å². The number of benzene rings is 1. The second-order valence-electron chi connectivity index (χ2n) is 2.80. The van der Waals surface area contributed by atoms with Gasteiger partial charge in [-0.25, -0.2) is 4.79 Å². The van der Waals surface area contributed by atoms with Crippen LogP contribution in [0.2, 0.25) is 0 Å². The lowest BCUT2D eigenvalue weighted by atomic mass is 10.1. The zero-order valence-corrected chi connectivity index (χ0v) is 8.14. The maximum atomic E-state index is 11.3. The van der Waals surface area contributed by atoms with Crippen LogP contribution in [0.25, 0.3) is 0 Å². The van der Waals surface area contributed by atoms with E-state index in [0.717, 1.165) is 0 Å². The van der Waals surface area contributed by atoms with Crippen LogP contribution in [0.3, 0.4) is 0 Å². The first-order valence-electron chi connectivity index (χ1n) is 4.26. The van der Waals surface area contributed by atoms with E-state index in [1.54, 1.807) is 12.1 Å². The van der Waals surface area contributed by atoms with E-state index in [-0.39, 0.29) is 5.75 Å². The molecule has 0 aliphatic heterocycles. The number of aromatic hydroxyl groups is 1. The molecule has 1 rings (SSSR count). The maximum Gasteiger partial charge on any atom is 0.333 e. The Morgan fingerprint density at radius 3 is 2.73 bits per heavy atom. The second-order valence-corrected chi connectivity index (χ2v) is 2.80. The predicted octanol–water partition coefficient (Wildman–Crippen LogP) is 0.352. The first kappa shape index (κ1) is 11.0. The zero-order valence-electron chi connectivity index (χ0n) is 8.14. The summed E-state index contributed by atoms with van der Waals surface area (Å²) in [5.74, 6) is -0.703.